The molecule has 3 heteroatoms. The minimum Gasteiger partial charge on any atom is -0.490 e. The number of benzene rings is 1. The largest absolute Gasteiger partial charge is 0.490 e. The number of ether oxygens (including phenoxy) is 2. The quantitative estimate of drug-likeness (QED) is 0.715. The molecule has 19 heavy (non-hydrogen) atoms. The average Bonchev–Trinajstić information content (AvgIpc) is 2.68. The van der Waals surface area contributed by atoms with Crippen LogP contribution in [0.4, 0.5) is 0 Å². The Morgan fingerprint density at radius 2 is 1.63 bits per heavy atom. The zero-order chi connectivity index (χ0) is 13.8. The van der Waals surface area contributed by atoms with E-state index in [4.69, 9.17) is 9.47 Å². The summed E-state index contributed by atoms with van der Waals surface area (Å²) in [4.78, 5) is 4.38. The van der Waals surface area contributed by atoms with Crippen molar-refractivity contribution >= 4 is 10.8 Å². The molecule has 0 amide bonds. The Morgan fingerprint density at radius 1 is 1.00 bits per heavy atom. The summed E-state index contributed by atoms with van der Waals surface area (Å²) in [6.07, 6.45) is 2.83. The van der Waals surface area contributed by atoms with Gasteiger partial charge in [-0.05, 0) is 36.9 Å². The van der Waals surface area contributed by atoms with Gasteiger partial charge in [0.05, 0.1) is 13.2 Å². The Hall–Kier alpha value is -1.77. The number of aromatic nitrogens is 1. The van der Waals surface area contributed by atoms with Gasteiger partial charge in [0.15, 0.2) is 11.5 Å². The predicted octanol–water partition coefficient (Wildman–Crippen LogP) is 4.04. The number of hydrogen-bond acceptors (Lipinski definition) is 3. The smallest absolute Gasteiger partial charge is 0.161 e. The number of hydrogen-bond donors (Lipinski definition) is 0. The van der Waals surface area contributed by atoms with Crippen molar-refractivity contribution in [1.29, 1.82) is 0 Å². The fourth-order valence-corrected chi connectivity index (χ4v) is 2.11. The first-order valence-corrected chi connectivity index (χ1v) is 6.91. The molecule has 1 aliphatic rings. The first-order chi connectivity index (χ1) is 9.25. The summed E-state index contributed by atoms with van der Waals surface area (Å²) in [5.74, 6) is 1.68. The van der Waals surface area contributed by atoms with E-state index in [0.717, 1.165) is 42.2 Å². The van der Waals surface area contributed by atoms with Crippen LogP contribution < -0.4 is 9.47 Å². The van der Waals surface area contributed by atoms with Crippen molar-refractivity contribution in [3.05, 3.63) is 29.6 Å². The standard InChI is InChI=1S/C14H15NO2.C2H6/c1-9-10(2)15-8-11-6-13-14(7-12(9)11)17-5-3-4-16-13;1-2/h6-8H,3-5H2,1-2H3;1-2H3. The highest BCUT2D eigenvalue weighted by atomic mass is 16.5. The normalized spacial score (nSPS) is 13.5. The Morgan fingerprint density at radius 3 is 2.32 bits per heavy atom. The van der Waals surface area contributed by atoms with Gasteiger partial charge >= 0.3 is 0 Å². The first-order valence-electron chi connectivity index (χ1n) is 6.91. The second kappa shape index (κ2) is 5.91. The first kappa shape index (κ1) is 13.7. The molecule has 0 bridgehead atoms. The third-order valence-corrected chi connectivity index (χ3v) is 3.26. The third kappa shape index (κ3) is 2.65. The fourth-order valence-electron chi connectivity index (χ4n) is 2.11. The minimum absolute atomic E-state index is 0.719. The SMILES string of the molecule is CC.Cc1ncc2cc3c(cc2c1C)OCCCO3. The van der Waals surface area contributed by atoms with Gasteiger partial charge in [-0.15, -0.1) is 0 Å². The van der Waals surface area contributed by atoms with Crippen LogP contribution >= 0.6 is 0 Å². The molecule has 0 fully saturated rings. The van der Waals surface area contributed by atoms with Crippen LogP contribution in [0.3, 0.4) is 0 Å². The van der Waals surface area contributed by atoms with E-state index in [0.29, 0.717) is 0 Å². The molecule has 1 aliphatic heterocycles. The molecule has 0 unspecified atom stereocenters. The van der Waals surface area contributed by atoms with Gasteiger partial charge in [0.25, 0.3) is 0 Å². The van der Waals surface area contributed by atoms with E-state index in [1.165, 1.54) is 10.9 Å². The van der Waals surface area contributed by atoms with E-state index < -0.39 is 0 Å². The zero-order valence-electron chi connectivity index (χ0n) is 12.1. The summed E-state index contributed by atoms with van der Waals surface area (Å²) in [5, 5.41) is 2.30. The minimum atomic E-state index is 0.719. The molecule has 0 radical (unpaired) electrons. The van der Waals surface area contributed by atoms with Gasteiger partial charge in [-0.25, -0.2) is 0 Å². The average molecular weight is 259 g/mol. The van der Waals surface area contributed by atoms with E-state index >= 15 is 0 Å². The number of rotatable bonds is 0. The van der Waals surface area contributed by atoms with Gasteiger partial charge in [0.1, 0.15) is 0 Å². The summed E-state index contributed by atoms with van der Waals surface area (Å²) in [5.41, 5.74) is 2.27. The number of fused-ring (bicyclic) bond motifs is 2. The van der Waals surface area contributed by atoms with Crippen LogP contribution in [0.5, 0.6) is 11.5 Å². The molecule has 3 rings (SSSR count). The predicted molar refractivity (Wildman–Crippen MR) is 78.2 cm³/mol. The maximum Gasteiger partial charge on any atom is 0.161 e. The summed E-state index contributed by atoms with van der Waals surface area (Å²) >= 11 is 0. The molecule has 2 heterocycles. The Labute approximate surface area is 114 Å². The highest BCUT2D eigenvalue weighted by Crippen LogP contribution is 2.35. The van der Waals surface area contributed by atoms with E-state index in [9.17, 15) is 0 Å². The molecule has 0 spiro atoms. The highest BCUT2D eigenvalue weighted by molar-refractivity contribution is 5.88. The van der Waals surface area contributed by atoms with Gasteiger partial charge in [-0.2, -0.15) is 0 Å². The van der Waals surface area contributed by atoms with Crippen molar-refractivity contribution in [1.82, 2.24) is 4.98 Å². The van der Waals surface area contributed by atoms with Gasteiger partial charge in [0, 0.05) is 23.7 Å². The lowest BCUT2D eigenvalue weighted by Gasteiger charge is -2.11. The number of aryl methyl sites for hydroxylation is 2. The molecular weight excluding hydrogens is 238 g/mol. The molecule has 0 atom stereocenters. The van der Waals surface area contributed by atoms with Crippen molar-refractivity contribution in [3.63, 3.8) is 0 Å². The maximum atomic E-state index is 5.71. The van der Waals surface area contributed by atoms with Crippen molar-refractivity contribution in [2.45, 2.75) is 34.1 Å². The second-order valence-electron chi connectivity index (χ2n) is 4.41. The highest BCUT2D eigenvalue weighted by Gasteiger charge is 2.13. The molecule has 1 aromatic heterocycles. The molecule has 0 saturated carbocycles. The van der Waals surface area contributed by atoms with E-state index in [1.54, 1.807) is 0 Å². The van der Waals surface area contributed by atoms with Gasteiger partial charge in [-0.1, -0.05) is 13.8 Å². The number of pyridine rings is 1. The van der Waals surface area contributed by atoms with Crippen molar-refractivity contribution in [2.24, 2.45) is 0 Å². The molecule has 102 valence electrons. The van der Waals surface area contributed by atoms with Crippen molar-refractivity contribution in [2.75, 3.05) is 13.2 Å². The van der Waals surface area contributed by atoms with Gasteiger partial charge in [0.2, 0.25) is 0 Å². The Bertz CT molecular complexity index is 578. The second-order valence-corrected chi connectivity index (χ2v) is 4.41. The van der Waals surface area contributed by atoms with E-state index in [2.05, 4.69) is 18.0 Å². The van der Waals surface area contributed by atoms with Crippen LogP contribution in [0.25, 0.3) is 10.8 Å². The van der Waals surface area contributed by atoms with Crippen LogP contribution in [-0.2, 0) is 0 Å². The number of nitrogens with zero attached hydrogens (tertiary/aromatic N) is 1. The van der Waals surface area contributed by atoms with Gasteiger partial charge < -0.3 is 9.47 Å². The summed E-state index contributed by atoms with van der Waals surface area (Å²) in [6.45, 7) is 9.56. The third-order valence-electron chi connectivity index (χ3n) is 3.26. The van der Waals surface area contributed by atoms with Crippen molar-refractivity contribution < 1.29 is 9.47 Å². The van der Waals surface area contributed by atoms with Gasteiger partial charge in [-0.3, -0.25) is 4.98 Å². The summed E-state index contributed by atoms with van der Waals surface area (Å²) in [6, 6.07) is 4.09. The van der Waals surface area contributed by atoms with Crippen LogP contribution in [0.2, 0.25) is 0 Å². The summed E-state index contributed by atoms with van der Waals surface area (Å²) in [7, 11) is 0. The summed E-state index contributed by atoms with van der Waals surface area (Å²) < 4.78 is 11.4. The molecular formula is C16H21NO2. The lowest BCUT2D eigenvalue weighted by Crippen LogP contribution is -1.97. The molecule has 1 aromatic carbocycles. The Balaban J connectivity index is 0.000000637. The lowest BCUT2D eigenvalue weighted by atomic mass is 10.1. The molecule has 0 N–H and O–H groups in total. The lowest BCUT2D eigenvalue weighted by molar-refractivity contribution is 0.297. The van der Waals surface area contributed by atoms with Crippen LogP contribution in [0.1, 0.15) is 31.5 Å². The monoisotopic (exact) mass is 259 g/mol. The fraction of sp³-hybridized carbons (Fsp3) is 0.438. The topological polar surface area (TPSA) is 31.4 Å². The molecule has 0 saturated heterocycles. The van der Waals surface area contributed by atoms with Crippen LogP contribution in [0, 0.1) is 13.8 Å². The molecule has 0 aliphatic carbocycles. The molecule has 2 aromatic rings. The van der Waals surface area contributed by atoms with Crippen molar-refractivity contribution in [3.8, 4) is 11.5 Å². The van der Waals surface area contributed by atoms with E-state index in [1.807, 2.05) is 33.0 Å². The zero-order valence-corrected chi connectivity index (χ0v) is 12.1. The van der Waals surface area contributed by atoms with E-state index in [-0.39, 0.29) is 0 Å². The van der Waals surface area contributed by atoms with Crippen LogP contribution in [0.15, 0.2) is 18.3 Å². The molecule has 3 nitrogen and oxygen atoms in total. The van der Waals surface area contributed by atoms with Crippen LogP contribution in [-0.4, -0.2) is 18.2 Å². The maximum absolute atomic E-state index is 5.71. The Kier molecular flexibility index (Phi) is 4.25.